The summed E-state index contributed by atoms with van der Waals surface area (Å²) >= 11 is 0. The van der Waals surface area contributed by atoms with Crippen LogP contribution in [0.2, 0.25) is 0 Å². The summed E-state index contributed by atoms with van der Waals surface area (Å²) in [5.41, 5.74) is -0.212. The second-order valence-corrected chi connectivity index (χ2v) is 5.56. The van der Waals surface area contributed by atoms with E-state index < -0.39 is 35.7 Å². The van der Waals surface area contributed by atoms with Crippen LogP contribution in [0.25, 0.3) is 0 Å². The second kappa shape index (κ2) is 7.37. The number of carbonyl (C=O) groups excluding carboxylic acids is 3. The molecule has 8 heteroatoms. The fraction of sp³-hybridized carbons (Fsp3) is 0.438. The average Bonchev–Trinajstić information content (AvgIpc) is 2.99. The maximum absolute atomic E-state index is 13.5. The molecule has 1 aromatic carbocycles. The summed E-state index contributed by atoms with van der Waals surface area (Å²) < 4.78 is 31.4. The number of hydrogen-bond acceptors (Lipinski definition) is 4. The Morgan fingerprint density at radius 1 is 1.33 bits per heavy atom. The monoisotopic (exact) mass is 340 g/mol. The van der Waals surface area contributed by atoms with Crippen LogP contribution in [0.1, 0.15) is 26.7 Å². The number of benzene rings is 1. The zero-order chi connectivity index (χ0) is 17.9. The van der Waals surface area contributed by atoms with E-state index in [9.17, 15) is 23.2 Å². The first-order valence-corrected chi connectivity index (χ1v) is 7.53. The molecule has 0 aliphatic carbocycles. The Morgan fingerprint density at radius 3 is 2.67 bits per heavy atom. The first-order valence-electron chi connectivity index (χ1n) is 7.53. The van der Waals surface area contributed by atoms with Gasteiger partial charge in [0.25, 0.3) is 5.91 Å². The lowest BCUT2D eigenvalue weighted by atomic mass is 10.2. The molecular formula is C16H18F2N2O4. The summed E-state index contributed by atoms with van der Waals surface area (Å²) in [6.45, 7) is 3.16. The summed E-state index contributed by atoms with van der Waals surface area (Å²) in [5.74, 6) is -3.36. The van der Waals surface area contributed by atoms with Crippen molar-refractivity contribution in [1.29, 1.82) is 0 Å². The topological polar surface area (TPSA) is 75.7 Å². The molecule has 6 nitrogen and oxygen atoms in total. The maximum atomic E-state index is 13.5. The lowest BCUT2D eigenvalue weighted by Crippen LogP contribution is -2.42. The van der Waals surface area contributed by atoms with E-state index in [2.05, 4.69) is 5.32 Å². The molecule has 1 fully saturated rings. The molecule has 1 aliphatic heterocycles. The van der Waals surface area contributed by atoms with Crippen LogP contribution < -0.4 is 5.32 Å². The van der Waals surface area contributed by atoms with Crippen molar-refractivity contribution in [3.8, 4) is 0 Å². The molecule has 0 aromatic heterocycles. The zero-order valence-corrected chi connectivity index (χ0v) is 13.3. The van der Waals surface area contributed by atoms with Crippen molar-refractivity contribution in [2.24, 2.45) is 0 Å². The van der Waals surface area contributed by atoms with Crippen molar-refractivity contribution in [3.05, 3.63) is 29.8 Å². The number of ether oxygens (including phenoxy) is 1. The molecule has 130 valence electrons. The molecule has 0 unspecified atom stereocenters. The van der Waals surface area contributed by atoms with Gasteiger partial charge in [-0.05, 0) is 31.9 Å². The van der Waals surface area contributed by atoms with Gasteiger partial charge < -0.3 is 15.0 Å². The number of carbonyl (C=O) groups is 3. The van der Waals surface area contributed by atoms with Crippen molar-refractivity contribution in [3.63, 3.8) is 0 Å². The van der Waals surface area contributed by atoms with E-state index in [1.54, 1.807) is 0 Å². The lowest BCUT2D eigenvalue weighted by Gasteiger charge is -2.23. The first kappa shape index (κ1) is 17.8. The number of nitrogens with one attached hydrogen (secondary N) is 1. The van der Waals surface area contributed by atoms with Crippen LogP contribution in [0, 0.1) is 11.6 Å². The molecule has 1 aromatic rings. The van der Waals surface area contributed by atoms with Gasteiger partial charge in [0.05, 0.1) is 5.69 Å². The van der Waals surface area contributed by atoms with Gasteiger partial charge in [-0.15, -0.1) is 0 Å². The Morgan fingerprint density at radius 2 is 2.04 bits per heavy atom. The van der Waals surface area contributed by atoms with Gasteiger partial charge in [-0.25, -0.2) is 13.6 Å². The van der Waals surface area contributed by atoms with Gasteiger partial charge >= 0.3 is 5.97 Å². The molecule has 0 spiro atoms. The smallest absolute Gasteiger partial charge is 0.329 e. The third kappa shape index (κ3) is 4.06. The highest BCUT2D eigenvalue weighted by Gasteiger charge is 2.35. The zero-order valence-electron chi connectivity index (χ0n) is 13.3. The number of rotatable bonds is 4. The van der Waals surface area contributed by atoms with Gasteiger partial charge in [0.15, 0.2) is 6.10 Å². The number of amides is 2. The van der Waals surface area contributed by atoms with E-state index in [0.717, 1.165) is 12.1 Å². The van der Waals surface area contributed by atoms with E-state index in [0.29, 0.717) is 25.5 Å². The molecule has 2 rings (SSSR count). The van der Waals surface area contributed by atoms with E-state index in [4.69, 9.17) is 4.74 Å². The molecule has 1 N–H and O–H groups in total. The SMILES string of the molecule is CC(=O)N1CCC[C@H]1C(=O)O[C@@H](C)C(=O)Nc1ccc(F)cc1F. The molecule has 24 heavy (non-hydrogen) atoms. The quantitative estimate of drug-likeness (QED) is 0.849. The standard InChI is InChI=1S/C16H18F2N2O4/c1-9(15(22)19-13-6-5-11(17)8-12(13)18)24-16(23)14-4-3-7-20(14)10(2)21/h5-6,8-9,14H,3-4,7H2,1-2H3,(H,19,22)/t9-,14-/m0/s1. The van der Waals surface area contributed by atoms with E-state index >= 15 is 0 Å². The Bertz CT molecular complexity index is 665. The number of nitrogens with zero attached hydrogens (tertiary/aromatic N) is 1. The summed E-state index contributed by atoms with van der Waals surface area (Å²) in [7, 11) is 0. The van der Waals surface area contributed by atoms with Crippen LogP contribution in [0.15, 0.2) is 18.2 Å². The summed E-state index contributed by atoms with van der Waals surface area (Å²) in [4.78, 5) is 37.0. The molecule has 0 radical (unpaired) electrons. The van der Waals surface area contributed by atoms with Gasteiger partial charge in [-0.3, -0.25) is 9.59 Å². The van der Waals surface area contributed by atoms with Crippen LogP contribution in [-0.4, -0.2) is 41.4 Å². The highest BCUT2D eigenvalue weighted by Crippen LogP contribution is 2.20. The average molecular weight is 340 g/mol. The van der Waals surface area contributed by atoms with Gasteiger partial charge in [-0.2, -0.15) is 0 Å². The highest BCUT2D eigenvalue weighted by molar-refractivity contribution is 5.95. The van der Waals surface area contributed by atoms with E-state index in [1.807, 2.05) is 0 Å². The van der Waals surface area contributed by atoms with Crippen LogP contribution in [0.5, 0.6) is 0 Å². The minimum Gasteiger partial charge on any atom is -0.451 e. The van der Waals surface area contributed by atoms with Gasteiger partial charge in [-0.1, -0.05) is 0 Å². The van der Waals surface area contributed by atoms with Crippen molar-refractivity contribution < 1.29 is 27.9 Å². The third-order valence-corrected chi connectivity index (χ3v) is 3.78. The molecule has 1 heterocycles. The fourth-order valence-corrected chi connectivity index (χ4v) is 2.52. The van der Waals surface area contributed by atoms with Crippen LogP contribution in [0.3, 0.4) is 0 Å². The maximum Gasteiger partial charge on any atom is 0.329 e. The number of hydrogen-bond donors (Lipinski definition) is 1. The van der Waals surface area contributed by atoms with Gasteiger partial charge in [0.2, 0.25) is 5.91 Å². The van der Waals surface area contributed by atoms with Crippen molar-refractivity contribution in [2.45, 2.75) is 38.8 Å². The molecule has 2 amide bonds. The summed E-state index contributed by atoms with van der Waals surface area (Å²) in [5, 5.41) is 2.23. The van der Waals surface area contributed by atoms with Crippen LogP contribution in [0.4, 0.5) is 14.5 Å². The Balaban J connectivity index is 1.96. The Kier molecular flexibility index (Phi) is 5.48. The normalized spacial score (nSPS) is 18.2. The minimum atomic E-state index is -1.18. The van der Waals surface area contributed by atoms with Crippen molar-refractivity contribution in [1.82, 2.24) is 4.90 Å². The van der Waals surface area contributed by atoms with Crippen molar-refractivity contribution >= 4 is 23.5 Å². The Labute approximate surface area is 137 Å². The third-order valence-electron chi connectivity index (χ3n) is 3.78. The molecule has 0 saturated carbocycles. The largest absolute Gasteiger partial charge is 0.451 e. The first-order chi connectivity index (χ1) is 11.3. The summed E-state index contributed by atoms with van der Waals surface area (Å²) in [6, 6.07) is 2.00. The fourth-order valence-electron chi connectivity index (χ4n) is 2.52. The minimum absolute atomic E-state index is 0.212. The van der Waals surface area contributed by atoms with Crippen LogP contribution in [-0.2, 0) is 19.1 Å². The predicted molar refractivity (Wildman–Crippen MR) is 81.0 cm³/mol. The van der Waals surface area contributed by atoms with E-state index in [-0.39, 0.29) is 11.6 Å². The van der Waals surface area contributed by atoms with E-state index in [1.165, 1.54) is 18.7 Å². The predicted octanol–water partition coefficient (Wildman–Crippen LogP) is 1.85. The van der Waals surface area contributed by atoms with Crippen LogP contribution >= 0.6 is 0 Å². The molecule has 2 atom stereocenters. The molecule has 0 bridgehead atoms. The molecule has 1 saturated heterocycles. The highest BCUT2D eigenvalue weighted by atomic mass is 19.1. The second-order valence-electron chi connectivity index (χ2n) is 5.56. The van der Waals surface area contributed by atoms with Crippen molar-refractivity contribution in [2.75, 3.05) is 11.9 Å². The molecular weight excluding hydrogens is 322 g/mol. The number of esters is 1. The number of anilines is 1. The van der Waals surface area contributed by atoms with Gasteiger partial charge in [0.1, 0.15) is 17.7 Å². The lowest BCUT2D eigenvalue weighted by molar-refractivity contribution is -0.159. The molecule has 1 aliphatic rings. The van der Waals surface area contributed by atoms with Gasteiger partial charge in [0, 0.05) is 19.5 Å². The summed E-state index contributed by atoms with van der Waals surface area (Å²) in [6.07, 6.45) is -0.0311. The number of halogens is 2. The Hall–Kier alpha value is -2.51. The number of likely N-dealkylation sites (tertiary alicyclic amines) is 1.